The number of rotatable bonds is 4. The van der Waals surface area contributed by atoms with Crippen molar-refractivity contribution in [3.8, 4) is 0 Å². The quantitative estimate of drug-likeness (QED) is 0.206. The van der Waals surface area contributed by atoms with Gasteiger partial charge in [-0.15, -0.1) is 0 Å². The molecule has 6 aliphatic rings. The molecule has 0 aromatic heterocycles. The van der Waals surface area contributed by atoms with Crippen molar-refractivity contribution in [2.45, 2.75) is 256 Å². The SMILES string of the molecule is CC(C)(C)N1C[PH+](C2CCCCC2)CN(C(C)(C)C)C[PH+](C2CCCCC2)C1.CC(C)(C)N1C[PH+](C2CCCCC2)CN(C(C)(C)C)C[PH+](C2CCCCC2)C1.[Ni]. The molecule has 4 aliphatic carbocycles. The molecule has 9 heteroatoms. The first-order chi connectivity index (χ1) is 26.3. The first-order valence-corrected chi connectivity index (χ1v) is 32.6. The van der Waals surface area contributed by atoms with Gasteiger partial charge in [-0.25, -0.2) is 19.6 Å². The van der Waals surface area contributed by atoms with E-state index in [1.54, 1.807) is 0 Å². The van der Waals surface area contributed by atoms with Gasteiger partial charge in [0.2, 0.25) is 0 Å². The fourth-order valence-electron chi connectivity index (χ4n) is 11.4. The molecule has 0 N–H and O–H groups in total. The molecule has 0 spiro atoms. The zero-order chi connectivity index (χ0) is 40.7. The van der Waals surface area contributed by atoms with Crippen molar-refractivity contribution in [2.75, 3.05) is 50.3 Å². The second-order valence-electron chi connectivity index (χ2n) is 24.1. The average molecular weight is 916 g/mol. The zero-order valence-corrected chi connectivity index (χ0v) is 45.2. The van der Waals surface area contributed by atoms with Gasteiger partial charge in [-0.3, -0.25) is 0 Å². The van der Waals surface area contributed by atoms with Gasteiger partial charge in [0.1, 0.15) is 50.3 Å². The summed E-state index contributed by atoms with van der Waals surface area (Å²) < 4.78 is 0. The third kappa shape index (κ3) is 16.2. The summed E-state index contributed by atoms with van der Waals surface area (Å²) in [5.41, 5.74) is 5.65. The average Bonchev–Trinajstić information content (AvgIpc) is 3.11. The molecule has 0 aromatic carbocycles. The number of nitrogens with zero attached hydrogens (tertiary/aromatic N) is 4. The van der Waals surface area contributed by atoms with Crippen LogP contribution in [0.15, 0.2) is 0 Å². The van der Waals surface area contributed by atoms with Gasteiger partial charge in [-0.2, -0.15) is 0 Å². The van der Waals surface area contributed by atoms with Crippen LogP contribution in [0.4, 0.5) is 0 Å². The van der Waals surface area contributed by atoms with Crippen molar-refractivity contribution in [3.05, 3.63) is 0 Å². The van der Waals surface area contributed by atoms with E-state index >= 15 is 0 Å². The summed E-state index contributed by atoms with van der Waals surface area (Å²) in [5, 5.41) is 0. The Morgan fingerprint density at radius 1 is 0.263 bits per heavy atom. The predicted octanol–water partition coefficient (Wildman–Crippen LogP) is 14.2. The van der Waals surface area contributed by atoms with Crippen molar-refractivity contribution >= 4 is 31.7 Å². The summed E-state index contributed by atoms with van der Waals surface area (Å²) in [7, 11) is -1.42. The summed E-state index contributed by atoms with van der Waals surface area (Å²) in [4.78, 5) is 12.0. The molecular formula is C48H100N4NiP4+4. The summed E-state index contributed by atoms with van der Waals surface area (Å²) in [6.07, 6.45) is 41.8. The fourth-order valence-corrected chi connectivity index (χ4v) is 28.2. The molecule has 4 nitrogen and oxygen atoms in total. The smallest absolute Gasteiger partial charge is 0.114 e. The van der Waals surface area contributed by atoms with Crippen molar-refractivity contribution in [2.24, 2.45) is 0 Å². The molecule has 2 saturated heterocycles. The molecule has 6 rings (SSSR count). The van der Waals surface area contributed by atoms with Crippen LogP contribution in [0.25, 0.3) is 0 Å². The molecule has 0 aromatic rings. The minimum atomic E-state index is -0.354. The first kappa shape index (κ1) is 51.7. The van der Waals surface area contributed by atoms with Gasteiger partial charge < -0.3 is 0 Å². The van der Waals surface area contributed by atoms with E-state index in [1.165, 1.54) is 179 Å². The van der Waals surface area contributed by atoms with E-state index in [9.17, 15) is 0 Å². The summed E-state index contributed by atoms with van der Waals surface area (Å²) in [6, 6.07) is 0. The van der Waals surface area contributed by atoms with E-state index in [4.69, 9.17) is 0 Å². The van der Waals surface area contributed by atoms with E-state index in [0.29, 0.717) is 22.2 Å². The van der Waals surface area contributed by atoms with Gasteiger partial charge in [-0.1, -0.05) is 25.7 Å². The van der Waals surface area contributed by atoms with E-state index in [-0.39, 0.29) is 48.2 Å². The monoisotopic (exact) mass is 915 g/mol. The Hall–Kier alpha value is 2.05. The van der Waals surface area contributed by atoms with Crippen LogP contribution in [0.3, 0.4) is 0 Å². The van der Waals surface area contributed by atoms with Crippen LogP contribution >= 0.6 is 31.7 Å². The van der Waals surface area contributed by atoms with Gasteiger partial charge in [0.05, 0.1) is 22.6 Å². The van der Waals surface area contributed by atoms with Crippen molar-refractivity contribution < 1.29 is 16.5 Å². The Balaban J connectivity index is 0.000000248. The molecule has 0 atom stereocenters. The van der Waals surface area contributed by atoms with Crippen molar-refractivity contribution in [1.82, 2.24) is 19.6 Å². The molecule has 0 amide bonds. The summed E-state index contributed by atoms with van der Waals surface area (Å²) in [6.45, 7) is 30.0. The van der Waals surface area contributed by atoms with Crippen LogP contribution < -0.4 is 0 Å². The summed E-state index contributed by atoms with van der Waals surface area (Å²) >= 11 is 0. The standard InChI is InChI=1S/2C24H48N2P2.Ni/c2*1-23(2,3)25-17-27(21-13-9-7-10-14-21)19-26(24(4,5)6)20-28(18-25)22-15-11-8-12-16-22;/h2*21-22H,7-20H2,1-6H3;/p+4. The van der Waals surface area contributed by atoms with Crippen LogP contribution in [-0.2, 0) is 16.5 Å². The largest absolute Gasteiger partial charge is 0.234 e. The molecule has 57 heavy (non-hydrogen) atoms. The molecule has 0 bridgehead atoms. The predicted molar refractivity (Wildman–Crippen MR) is 266 cm³/mol. The third-order valence-corrected chi connectivity index (χ3v) is 28.9. The van der Waals surface area contributed by atoms with Gasteiger partial charge in [-0.05, 0) is 186 Å². The van der Waals surface area contributed by atoms with E-state index in [0.717, 1.165) is 22.6 Å². The van der Waals surface area contributed by atoms with Crippen molar-refractivity contribution in [1.29, 1.82) is 0 Å². The van der Waals surface area contributed by atoms with Crippen molar-refractivity contribution in [3.63, 3.8) is 0 Å². The molecule has 6 fully saturated rings. The van der Waals surface area contributed by atoms with Gasteiger partial charge in [0.25, 0.3) is 0 Å². The van der Waals surface area contributed by atoms with Crippen LogP contribution in [0.2, 0.25) is 0 Å². The van der Waals surface area contributed by atoms with Gasteiger partial charge in [0, 0.05) is 70.3 Å². The maximum atomic E-state index is 3.00. The first-order valence-electron chi connectivity index (χ1n) is 24.7. The van der Waals surface area contributed by atoms with Gasteiger partial charge in [0.15, 0.2) is 0 Å². The number of hydrogen-bond acceptors (Lipinski definition) is 4. The zero-order valence-electron chi connectivity index (χ0n) is 40.2. The third-order valence-electron chi connectivity index (χ3n) is 15.7. The maximum absolute atomic E-state index is 3.00. The minimum absolute atomic E-state index is 0. The Morgan fingerprint density at radius 2 is 0.404 bits per heavy atom. The van der Waals surface area contributed by atoms with E-state index < -0.39 is 0 Å². The minimum Gasteiger partial charge on any atom is -0.234 e. The van der Waals surface area contributed by atoms with Crippen LogP contribution in [0.1, 0.15) is 212 Å². The van der Waals surface area contributed by atoms with Gasteiger partial charge >= 0.3 is 0 Å². The number of hydrogen-bond donors (Lipinski definition) is 0. The Bertz CT molecular complexity index is 923. The Kier molecular flexibility index (Phi) is 21.1. The Labute approximate surface area is 372 Å². The summed E-state index contributed by atoms with van der Waals surface area (Å²) in [5.74, 6) is 0. The fraction of sp³-hybridized carbons (Fsp3) is 1.00. The molecule has 2 heterocycles. The van der Waals surface area contributed by atoms with Crippen LogP contribution in [-0.4, -0.2) is 115 Å². The van der Waals surface area contributed by atoms with E-state index in [2.05, 4.69) is 103 Å². The molecule has 0 radical (unpaired) electrons. The second kappa shape index (κ2) is 23.3. The second-order valence-corrected chi connectivity index (χ2v) is 35.1. The van der Waals surface area contributed by atoms with Crippen LogP contribution in [0, 0.1) is 0 Å². The molecule has 0 unspecified atom stereocenters. The van der Waals surface area contributed by atoms with Crippen LogP contribution in [0.5, 0.6) is 0 Å². The molecule has 2 aliphatic heterocycles. The maximum Gasteiger partial charge on any atom is 0.114 e. The normalized spacial score (nSPS) is 30.9. The topological polar surface area (TPSA) is 13.0 Å². The molecule has 4 saturated carbocycles. The van der Waals surface area contributed by atoms with E-state index in [1.807, 2.05) is 0 Å². The Morgan fingerprint density at radius 3 is 0.526 bits per heavy atom. The molecular weight excluding hydrogens is 815 g/mol. The molecule has 338 valence electrons.